The Bertz CT molecular complexity index is 470. The van der Waals surface area contributed by atoms with Crippen molar-refractivity contribution in [1.29, 1.82) is 0 Å². The minimum Gasteiger partial charge on any atom is -0.377 e. The first-order valence-corrected chi connectivity index (χ1v) is 7.30. The number of nitrogens with one attached hydrogen (secondary N) is 1. The van der Waals surface area contributed by atoms with Crippen LogP contribution in [0.5, 0.6) is 0 Å². The van der Waals surface area contributed by atoms with Gasteiger partial charge in [0, 0.05) is 9.61 Å². The lowest BCUT2D eigenvalue weighted by atomic mass is 10.1. The van der Waals surface area contributed by atoms with Crippen LogP contribution < -0.4 is 5.32 Å². The van der Waals surface area contributed by atoms with E-state index in [0.29, 0.717) is 0 Å². The van der Waals surface area contributed by atoms with Gasteiger partial charge < -0.3 is 5.32 Å². The molecule has 0 aliphatic rings. The fourth-order valence-electron chi connectivity index (χ4n) is 1.44. The summed E-state index contributed by atoms with van der Waals surface area (Å²) in [5.41, 5.74) is 2.28. The Hall–Kier alpha value is -0.260. The summed E-state index contributed by atoms with van der Waals surface area (Å²) in [6, 6.07) is 8.44. The van der Waals surface area contributed by atoms with Gasteiger partial charge in [-0.15, -0.1) is 0 Å². The van der Waals surface area contributed by atoms with E-state index in [9.17, 15) is 0 Å². The molecule has 1 atom stereocenters. The van der Waals surface area contributed by atoms with Gasteiger partial charge in [0.2, 0.25) is 0 Å². The molecule has 1 N–H and O–H groups in total. The molecule has 1 nitrogen and oxygen atoms in total. The van der Waals surface area contributed by atoms with Crippen molar-refractivity contribution in [3.8, 4) is 0 Å². The predicted octanol–water partition coefficient (Wildman–Crippen LogP) is 5.18. The molecule has 0 bridgehead atoms. The predicted molar refractivity (Wildman–Crippen MR) is 80.5 cm³/mol. The molecule has 0 aliphatic carbocycles. The standard InChI is InChI=1S/C12H11ClINS/c1-8(9-4-5-16-7-9)15-12-3-2-10(14)6-11(12)13/h2-8,15H,1H3. The van der Waals surface area contributed by atoms with Crippen LogP contribution >= 0.6 is 45.5 Å². The van der Waals surface area contributed by atoms with Crippen LogP contribution in [0.2, 0.25) is 5.02 Å². The molecule has 2 rings (SSSR count). The molecule has 0 radical (unpaired) electrons. The molecule has 0 fully saturated rings. The van der Waals surface area contributed by atoms with E-state index in [2.05, 4.69) is 57.7 Å². The summed E-state index contributed by atoms with van der Waals surface area (Å²) in [6.45, 7) is 2.14. The molecule has 2 aromatic rings. The fourth-order valence-corrected chi connectivity index (χ4v) is 3.11. The number of hydrogen-bond acceptors (Lipinski definition) is 2. The summed E-state index contributed by atoms with van der Waals surface area (Å²) in [5, 5.41) is 8.42. The average molecular weight is 364 g/mol. The van der Waals surface area contributed by atoms with Gasteiger partial charge in [-0.1, -0.05) is 11.6 Å². The van der Waals surface area contributed by atoms with Gasteiger partial charge in [0.15, 0.2) is 0 Å². The second-order valence-corrected chi connectivity index (χ2v) is 5.98. The van der Waals surface area contributed by atoms with Crippen LogP contribution in [0.15, 0.2) is 35.0 Å². The number of hydrogen-bond donors (Lipinski definition) is 1. The molecule has 1 heterocycles. The van der Waals surface area contributed by atoms with Crippen LogP contribution in [-0.2, 0) is 0 Å². The smallest absolute Gasteiger partial charge is 0.0648 e. The Balaban J connectivity index is 2.15. The molecule has 0 saturated carbocycles. The van der Waals surface area contributed by atoms with Gasteiger partial charge in [0.05, 0.1) is 10.7 Å². The second-order valence-electron chi connectivity index (χ2n) is 3.55. The lowest BCUT2D eigenvalue weighted by Gasteiger charge is -2.15. The molecule has 0 saturated heterocycles. The number of rotatable bonds is 3. The van der Waals surface area contributed by atoms with Crippen molar-refractivity contribution in [3.05, 3.63) is 49.2 Å². The van der Waals surface area contributed by atoms with Crippen LogP contribution in [0, 0.1) is 3.57 Å². The molecular weight excluding hydrogens is 353 g/mol. The number of thiophene rings is 1. The fraction of sp³-hybridized carbons (Fsp3) is 0.167. The molecule has 84 valence electrons. The third kappa shape index (κ3) is 2.90. The first-order chi connectivity index (χ1) is 7.66. The van der Waals surface area contributed by atoms with Crippen molar-refractivity contribution in [1.82, 2.24) is 0 Å². The van der Waals surface area contributed by atoms with Crippen molar-refractivity contribution in [3.63, 3.8) is 0 Å². The van der Waals surface area contributed by atoms with Crippen LogP contribution in [-0.4, -0.2) is 0 Å². The zero-order valence-electron chi connectivity index (χ0n) is 8.71. The van der Waals surface area contributed by atoms with Crippen molar-refractivity contribution in [2.45, 2.75) is 13.0 Å². The highest BCUT2D eigenvalue weighted by molar-refractivity contribution is 14.1. The minimum absolute atomic E-state index is 0.281. The van der Waals surface area contributed by atoms with Gasteiger partial charge in [0.25, 0.3) is 0 Å². The maximum absolute atomic E-state index is 6.17. The Morgan fingerprint density at radius 2 is 2.19 bits per heavy atom. The summed E-state index contributed by atoms with van der Waals surface area (Å²) < 4.78 is 1.15. The topological polar surface area (TPSA) is 12.0 Å². The SMILES string of the molecule is CC(Nc1ccc(I)cc1Cl)c1ccsc1. The zero-order valence-corrected chi connectivity index (χ0v) is 12.4. The molecule has 0 aliphatic heterocycles. The maximum Gasteiger partial charge on any atom is 0.0648 e. The quantitative estimate of drug-likeness (QED) is 0.741. The number of halogens is 2. The molecule has 4 heteroatoms. The van der Waals surface area contributed by atoms with Crippen LogP contribution in [0.3, 0.4) is 0 Å². The van der Waals surface area contributed by atoms with E-state index in [1.54, 1.807) is 11.3 Å². The third-order valence-electron chi connectivity index (χ3n) is 2.35. The summed E-state index contributed by atoms with van der Waals surface area (Å²) >= 11 is 10.1. The third-order valence-corrected chi connectivity index (χ3v) is 4.03. The van der Waals surface area contributed by atoms with Crippen LogP contribution in [0.4, 0.5) is 5.69 Å². The maximum atomic E-state index is 6.17. The lowest BCUT2D eigenvalue weighted by molar-refractivity contribution is 0.890. The van der Waals surface area contributed by atoms with Crippen molar-refractivity contribution >= 4 is 51.2 Å². The molecule has 16 heavy (non-hydrogen) atoms. The largest absolute Gasteiger partial charge is 0.377 e. The summed E-state index contributed by atoms with van der Waals surface area (Å²) in [7, 11) is 0. The van der Waals surface area contributed by atoms with Gasteiger partial charge in [-0.05, 0) is 70.1 Å². The lowest BCUT2D eigenvalue weighted by Crippen LogP contribution is -2.05. The van der Waals surface area contributed by atoms with Gasteiger partial charge >= 0.3 is 0 Å². The van der Waals surface area contributed by atoms with E-state index >= 15 is 0 Å². The summed E-state index contributed by atoms with van der Waals surface area (Å²) in [6.07, 6.45) is 0. The van der Waals surface area contributed by atoms with Crippen molar-refractivity contribution < 1.29 is 0 Å². The van der Waals surface area contributed by atoms with Gasteiger partial charge in [-0.25, -0.2) is 0 Å². The average Bonchev–Trinajstić information content (AvgIpc) is 2.75. The van der Waals surface area contributed by atoms with Crippen LogP contribution in [0.1, 0.15) is 18.5 Å². The van der Waals surface area contributed by atoms with Gasteiger partial charge in [-0.2, -0.15) is 11.3 Å². The van der Waals surface area contributed by atoms with Crippen LogP contribution in [0.25, 0.3) is 0 Å². The Morgan fingerprint density at radius 1 is 1.38 bits per heavy atom. The van der Waals surface area contributed by atoms with Gasteiger partial charge in [-0.3, -0.25) is 0 Å². The molecule has 1 unspecified atom stereocenters. The first-order valence-electron chi connectivity index (χ1n) is 4.90. The highest BCUT2D eigenvalue weighted by Crippen LogP contribution is 2.28. The van der Waals surface area contributed by atoms with E-state index in [1.165, 1.54) is 5.56 Å². The van der Waals surface area contributed by atoms with E-state index in [-0.39, 0.29) is 6.04 Å². The highest BCUT2D eigenvalue weighted by Gasteiger charge is 2.07. The summed E-state index contributed by atoms with van der Waals surface area (Å²) in [4.78, 5) is 0. The zero-order chi connectivity index (χ0) is 11.5. The van der Waals surface area contributed by atoms with E-state index in [0.717, 1.165) is 14.3 Å². The molecular formula is C12H11ClINS. The Kier molecular flexibility index (Phi) is 4.10. The van der Waals surface area contributed by atoms with E-state index < -0.39 is 0 Å². The summed E-state index contributed by atoms with van der Waals surface area (Å²) in [5.74, 6) is 0. The highest BCUT2D eigenvalue weighted by atomic mass is 127. The Labute approximate surface area is 118 Å². The molecule has 0 spiro atoms. The second kappa shape index (κ2) is 5.38. The van der Waals surface area contributed by atoms with Crippen molar-refractivity contribution in [2.75, 3.05) is 5.32 Å². The first kappa shape index (κ1) is 12.2. The monoisotopic (exact) mass is 363 g/mol. The minimum atomic E-state index is 0.281. The Morgan fingerprint density at radius 3 is 2.81 bits per heavy atom. The van der Waals surface area contributed by atoms with E-state index in [1.807, 2.05) is 12.1 Å². The molecule has 1 aromatic carbocycles. The number of benzene rings is 1. The van der Waals surface area contributed by atoms with E-state index in [4.69, 9.17) is 11.6 Å². The van der Waals surface area contributed by atoms with Gasteiger partial charge in [0.1, 0.15) is 0 Å². The molecule has 0 amide bonds. The normalized spacial score (nSPS) is 12.4. The van der Waals surface area contributed by atoms with Crippen molar-refractivity contribution in [2.24, 2.45) is 0 Å². The molecule has 1 aromatic heterocycles. The number of anilines is 1.